The first kappa shape index (κ1) is 23.3. The molecule has 0 saturated carbocycles. The Kier molecular flexibility index (Phi) is 6.86. The Labute approximate surface area is 172 Å². The number of carbonyl (C=O) groups is 1. The maximum Gasteiger partial charge on any atom is 0.416 e. The second-order valence-electron chi connectivity index (χ2n) is 6.34. The number of hydrogen-bond acceptors (Lipinski definition) is 5. The van der Waals surface area contributed by atoms with E-state index < -0.39 is 33.7 Å². The molecule has 7 nitrogen and oxygen atoms in total. The van der Waals surface area contributed by atoms with E-state index in [0.717, 1.165) is 18.4 Å². The van der Waals surface area contributed by atoms with Crippen molar-refractivity contribution in [3.05, 3.63) is 48.0 Å². The summed E-state index contributed by atoms with van der Waals surface area (Å²) in [6.45, 7) is 1.28. The van der Waals surface area contributed by atoms with Gasteiger partial charge in [-0.3, -0.25) is 9.10 Å². The fraction of sp³-hybridized carbons (Fsp3) is 0.316. The zero-order valence-electron chi connectivity index (χ0n) is 16.6. The Balaban J connectivity index is 2.37. The summed E-state index contributed by atoms with van der Waals surface area (Å²) in [5, 5.41) is 2.53. The third kappa shape index (κ3) is 5.35. The van der Waals surface area contributed by atoms with Crippen LogP contribution in [0.5, 0.6) is 11.5 Å². The molecular weight excluding hydrogens is 425 g/mol. The molecule has 0 bridgehead atoms. The highest BCUT2D eigenvalue weighted by Gasteiger charge is 2.34. The van der Waals surface area contributed by atoms with Gasteiger partial charge in [0.1, 0.15) is 6.04 Å². The number of rotatable bonds is 7. The summed E-state index contributed by atoms with van der Waals surface area (Å²) in [4.78, 5) is 12.7. The highest BCUT2D eigenvalue weighted by molar-refractivity contribution is 7.92. The van der Waals surface area contributed by atoms with Crippen molar-refractivity contribution in [3.63, 3.8) is 0 Å². The Bertz CT molecular complexity index is 1030. The molecule has 11 heteroatoms. The summed E-state index contributed by atoms with van der Waals surface area (Å²) < 4.78 is 74.6. The summed E-state index contributed by atoms with van der Waals surface area (Å²) in [7, 11) is -1.23. The molecule has 0 heterocycles. The van der Waals surface area contributed by atoms with Gasteiger partial charge in [-0.2, -0.15) is 13.2 Å². The summed E-state index contributed by atoms with van der Waals surface area (Å²) in [5.41, 5.74) is -1.01. The van der Waals surface area contributed by atoms with E-state index in [0.29, 0.717) is 27.6 Å². The number of carbonyl (C=O) groups excluding carboxylic acids is 1. The predicted molar refractivity (Wildman–Crippen MR) is 106 cm³/mol. The number of hydrogen-bond donors (Lipinski definition) is 1. The van der Waals surface area contributed by atoms with Gasteiger partial charge in [0.25, 0.3) is 0 Å². The molecule has 0 aliphatic rings. The molecule has 0 aromatic heterocycles. The molecule has 1 atom stereocenters. The molecule has 30 heavy (non-hydrogen) atoms. The minimum atomic E-state index is -4.66. The van der Waals surface area contributed by atoms with Crippen molar-refractivity contribution < 1.29 is 35.9 Å². The normalized spacial score (nSPS) is 12.8. The Morgan fingerprint density at radius 3 is 2.23 bits per heavy atom. The molecule has 0 unspecified atom stereocenters. The summed E-state index contributed by atoms with van der Waals surface area (Å²) in [5.74, 6) is 0.0103. The monoisotopic (exact) mass is 446 g/mol. The van der Waals surface area contributed by atoms with Crippen LogP contribution in [0, 0.1) is 0 Å². The number of halogens is 3. The molecule has 0 aliphatic carbocycles. The van der Waals surface area contributed by atoms with E-state index in [9.17, 15) is 26.4 Å². The van der Waals surface area contributed by atoms with Crippen molar-refractivity contribution in [1.29, 1.82) is 0 Å². The van der Waals surface area contributed by atoms with Gasteiger partial charge in [-0.1, -0.05) is 6.07 Å². The SMILES string of the molecule is COc1ccc(NC(=O)[C@H](C)N(c2cccc(C(F)(F)F)c2)S(C)(=O)=O)cc1OC. The third-order valence-corrected chi connectivity index (χ3v) is 5.41. The van der Waals surface area contributed by atoms with Crippen LogP contribution in [0.15, 0.2) is 42.5 Å². The van der Waals surface area contributed by atoms with Gasteiger partial charge in [0.05, 0.1) is 31.7 Å². The minimum Gasteiger partial charge on any atom is -0.493 e. The average molecular weight is 446 g/mol. The van der Waals surface area contributed by atoms with Gasteiger partial charge in [0, 0.05) is 11.8 Å². The summed E-state index contributed by atoms with van der Waals surface area (Å²) in [6, 6.07) is 6.96. The third-order valence-electron chi connectivity index (χ3n) is 4.17. The number of alkyl halides is 3. The van der Waals surface area contributed by atoms with Crippen LogP contribution >= 0.6 is 0 Å². The number of benzene rings is 2. The van der Waals surface area contributed by atoms with Crippen LogP contribution in [-0.2, 0) is 21.0 Å². The highest BCUT2D eigenvalue weighted by atomic mass is 32.2. The van der Waals surface area contributed by atoms with Crippen LogP contribution in [-0.4, -0.2) is 40.8 Å². The van der Waals surface area contributed by atoms with Crippen molar-refractivity contribution in [3.8, 4) is 11.5 Å². The van der Waals surface area contributed by atoms with Crippen LogP contribution in [0.4, 0.5) is 24.5 Å². The fourth-order valence-corrected chi connectivity index (χ4v) is 3.96. The largest absolute Gasteiger partial charge is 0.493 e. The van der Waals surface area contributed by atoms with E-state index in [1.807, 2.05) is 0 Å². The molecule has 0 spiro atoms. The second kappa shape index (κ2) is 8.82. The number of methoxy groups -OCH3 is 2. The van der Waals surface area contributed by atoms with E-state index in [2.05, 4.69) is 5.32 Å². The number of ether oxygens (including phenoxy) is 2. The van der Waals surface area contributed by atoms with Crippen molar-refractivity contribution >= 4 is 27.3 Å². The van der Waals surface area contributed by atoms with E-state index in [-0.39, 0.29) is 5.69 Å². The lowest BCUT2D eigenvalue weighted by Gasteiger charge is -2.28. The van der Waals surface area contributed by atoms with Gasteiger partial charge in [-0.25, -0.2) is 8.42 Å². The zero-order chi connectivity index (χ0) is 22.7. The van der Waals surface area contributed by atoms with Gasteiger partial charge < -0.3 is 14.8 Å². The fourth-order valence-electron chi connectivity index (χ4n) is 2.79. The molecule has 0 aliphatic heterocycles. The Morgan fingerprint density at radius 2 is 1.70 bits per heavy atom. The smallest absolute Gasteiger partial charge is 0.416 e. The molecule has 1 amide bonds. The molecule has 2 aromatic carbocycles. The van der Waals surface area contributed by atoms with Crippen molar-refractivity contribution in [1.82, 2.24) is 0 Å². The second-order valence-corrected chi connectivity index (χ2v) is 8.20. The van der Waals surface area contributed by atoms with Crippen molar-refractivity contribution in [2.75, 3.05) is 30.1 Å². The molecule has 164 valence electrons. The standard InChI is InChI=1S/C19H21F3N2O5S/c1-12(18(25)23-14-8-9-16(28-2)17(11-14)29-3)24(30(4,26)27)15-7-5-6-13(10-15)19(20,21)22/h5-12H,1-4H3,(H,23,25)/t12-/m0/s1. The molecule has 2 aromatic rings. The quantitative estimate of drug-likeness (QED) is 0.704. The molecule has 2 rings (SSSR count). The van der Waals surface area contributed by atoms with E-state index in [1.165, 1.54) is 39.3 Å². The van der Waals surface area contributed by atoms with Gasteiger partial charge >= 0.3 is 6.18 Å². The lowest BCUT2D eigenvalue weighted by molar-refractivity contribution is -0.137. The number of nitrogens with one attached hydrogen (secondary N) is 1. The van der Waals surface area contributed by atoms with Crippen LogP contribution in [0.1, 0.15) is 12.5 Å². The molecule has 0 fully saturated rings. The van der Waals surface area contributed by atoms with Crippen LogP contribution in [0.25, 0.3) is 0 Å². The Hall–Kier alpha value is -2.95. The first-order valence-electron chi connectivity index (χ1n) is 8.58. The zero-order valence-corrected chi connectivity index (χ0v) is 17.5. The minimum absolute atomic E-state index is 0.276. The highest BCUT2D eigenvalue weighted by Crippen LogP contribution is 2.33. The lowest BCUT2D eigenvalue weighted by atomic mass is 10.1. The van der Waals surface area contributed by atoms with Crippen molar-refractivity contribution in [2.45, 2.75) is 19.1 Å². The average Bonchev–Trinajstić information content (AvgIpc) is 2.66. The molecule has 1 N–H and O–H groups in total. The topological polar surface area (TPSA) is 84.9 Å². The number of amides is 1. The predicted octanol–water partition coefficient (Wildman–Crippen LogP) is 3.52. The number of anilines is 2. The van der Waals surface area contributed by atoms with Crippen molar-refractivity contribution in [2.24, 2.45) is 0 Å². The summed E-state index contributed by atoms with van der Waals surface area (Å²) >= 11 is 0. The molecule has 0 radical (unpaired) electrons. The first-order chi connectivity index (χ1) is 13.9. The Morgan fingerprint density at radius 1 is 1.07 bits per heavy atom. The van der Waals surface area contributed by atoms with E-state index in [1.54, 1.807) is 6.07 Å². The number of sulfonamides is 1. The van der Waals surface area contributed by atoms with Crippen LogP contribution < -0.4 is 19.1 Å². The first-order valence-corrected chi connectivity index (χ1v) is 10.4. The van der Waals surface area contributed by atoms with Crippen LogP contribution in [0.3, 0.4) is 0 Å². The van der Waals surface area contributed by atoms with Gasteiger partial charge in [-0.15, -0.1) is 0 Å². The number of nitrogens with zero attached hydrogens (tertiary/aromatic N) is 1. The maximum atomic E-state index is 13.0. The van der Waals surface area contributed by atoms with Crippen LogP contribution in [0.2, 0.25) is 0 Å². The van der Waals surface area contributed by atoms with Gasteiger partial charge in [0.2, 0.25) is 15.9 Å². The van der Waals surface area contributed by atoms with E-state index >= 15 is 0 Å². The molecular formula is C19H21F3N2O5S. The van der Waals surface area contributed by atoms with Gasteiger partial charge in [0.15, 0.2) is 11.5 Å². The molecule has 0 saturated heterocycles. The lowest BCUT2D eigenvalue weighted by Crippen LogP contribution is -2.45. The van der Waals surface area contributed by atoms with E-state index in [4.69, 9.17) is 9.47 Å². The van der Waals surface area contributed by atoms with Gasteiger partial charge in [-0.05, 0) is 37.3 Å². The summed E-state index contributed by atoms with van der Waals surface area (Å²) in [6.07, 6.45) is -3.85. The maximum absolute atomic E-state index is 13.0.